The van der Waals surface area contributed by atoms with Crippen molar-refractivity contribution < 1.29 is 13.6 Å². The molecule has 1 unspecified atom stereocenters. The van der Waals surface area contributed by atoms with Crippen molar-refractivity contribution in [2.24, 2.45) is 15.9 Å². The van der Waals surface area contributed by atoms with Crippen molar-refractivity contribution in [3.63, 3.8) is 0 Å². The molecule has 3 saturated carbocycles. The van der Waals surface area contributed by atoms with Gasteiger partial charge < -0.3 is 5.32 Å². The number of nitrogens with zero attached hydrogens (tertiary/aromatic N) is 4. The van der Waals surface area contributed by atoms with Crippen molar-refractivity contribution in [3.8, 4) is 6.07 Å². The molecule has 1 aromatic heterocycles. The normalized spacial score (nSPS) is 28.4. The summed E-state index contributed by atoms with van der Waals surface area (Å²) in [6.45, 7) is 0.711. The van der Waals surface area contributed by atoms with Crippen molar-refractivity contribution in [2.45, 2.75) is 31.7 Å². The van der Waals surface area contributed by atoms with E-state index in [4.69, 9.17) is 5.26 Å². The number of hydrogen-bond acceptors (Lipinski definition) is 5. The summed E-state index contributed by atoms with van der Waals surface area (Å²) >= 11 is 0. The molecule has 2 aromatic rings. The van der Waals surface area contributed by atoms with Gasteiger partial charge in [0.05, 0.1) is 17.0 Å². The zero-order valence-corrected chi connectivity index (χ0v) is 16.1. The van der Waals surface area contributed by atoms with Crippen LogP contribution in [0.25, 0.3) is 0 Å². The van der Waals surface area contributed by atoms with Gasteiger partial charge in [0.25, 0.3) is 0 Å². The van der Waals surface area contributed by atoms with E-state index in [1.807, 2.05) is 6.07 Å². The monoisotopic (exact) mass is 407 g/mol. The number of nitriles is 1. The van der Waals surface area contributed by atoms with Crippen molar-refractivity contribution in [1.82, 2.24) is 9.99 Å². The molecule has 2 bridgehead atoms. The van der Waals surface area contributed by atoms with Crippen molar-refractivity contribution in [3.05, 3.63) is 59.3 Å². The minimum absolute atomic E-state index is 0.0646. The number of hydrogen-bond donors (Lipinski definition) is 1. The van der Waals surface area contributed by atoms with Gasteiger partial charge in [-0.1, -0.05) is 0 Å². The minimum atomic E-state index is -0.656. The predicted molar refractivity (Wildman–Crippen MR) is 105 cm³/mol. The van der Waals surface area contributed by atoms with E-state index in [2.05, 4.69) is 15.4 Å². The molecule has 3 fully saturated rings. The fourth-order valence-electron chi connectivity index (χ4n) is 5.15. The molecule has 1 amide bonds. The van der Waals surface area contributed by atoms with Gasteiger partial charge in [0.1, 0.15) is 23.5 Å². The van der Waals surface area contributed by atoms with Crippen molar-refractivity contribution in [2.75, 3.05) is 11.9 Å². The number of pyridine rings is 1. The highest BCUT2D eigenvalue weighted by atomic mass is 19.1. The number of halogens is 2. The maximum absolute atomic E-state index is 13.6. The molecule has 30 heavy (non-hydrogen) atoms. The topological polar surface area (TPSA) is 81.4 Å². The second-order valence-corrected chi connectivity index (χ2v) is 8.61. The van der Waals surface area contributed by atoms with Crippen molar-refractivity contribution in [1.29, 1.82) is 5.26 Å². The molecule has 6 rings (SSSR count). The van der Waals surface area contributed by atoms with Crippen LogP contribution in [-0.4, -0.2) is 28.7 Å². The molecule has 1 aromatic carbocycles. The second kappa shape index (κ2) is 6.59. The van der Waals surface area contributed by atoms with Crippen LogP contribution in [0.15, 0.2) is 41.6 Å². The zero-order chi connectivity index (χ0) is 20.9. The van der Waals surface area contributed by atoms with Crippen LogP contribution in [0.2, 0.25) is 0 Å². The fraction of sp³-hybridized carbons (Fsp3) is 0.364. The van der Waals surface area contributed by atoms with Crippen LogP contribution in [0.1, 0.15) is 42.9 Å². The van der Waals surface area contributed by atoms with Crippen LogP contribution in [0, 0.1) is 33.8 Å². The zero-order valence-electron chi connectivity index (χ0n) is 16.1. The number of benzene rings is 1. The third kappa shape index (κ3) is 2.93. The maximum Gasteiger partial charge on any atom is 0.249 e. The quantitative estimate of drug-likeness (QED) is 0.818. The molecular weight excluding hydrogens is 388 g/mol. The Balaban J connectivity index is 1.22. The fourth-order valence-corrected chi connectivity index (χ4v) is 5.15. The predicted octanol–water partition coefficient (Wildman–Crippen LogP) is 3.77. The maximum atomic E-state index is 13.6. The van der Waals surface area contributed by atoms with Crippen molar-refractivity contribution >= 4 is 17.9 Å². The molecule has 6 nitrogen and oxygen atoms in total. The number of aromatic nitrogens is 1. The third-order valence-corrected chi connectivity index (χ3v) is 6.44. The van der Waals surface area contributed by atoms with E-state index < -0.39 is 23.1 Å². The van der Waals surface area contributed by atoms with Crippen LogP contribution in [0.3, 0.4) is 0 Å². The van der Waals surface area contributed by atoms with E-state index in [1.165, 1.54) is 23.3 Å². The Bertz CT molecular complexity index is 1050. The molecule has 4 aliphatic rings. The first kappa shape index (κ1) is 18.7. The van der Waals surface area contributed by atoms with Gasteiger partial charge in [-0.25, -0.2) is 18.8 Å². The summed E-state index contributed by atoms with van der Waals surface area (Å²) < 4.78 is 27.3. The van der Waals surface area contributed by atoms with Gasteiger partial charge in [0.15, 0.2) is 0 Å². The Morgan fingerprint density at radius 3 is 2.60 bits per heavy atom. The summed E-state index contributed by atoms with van der Waals surface area (Å²) in [5.41, 5.74) is 0.573. The number of rotatable bonds is 5. The van der Waals surface area contributed by atoms with E-state index in [9.17, 15) is 13.6 Å². The minimum Gasteiger partial charge on any atom is -0.370 e. The summed E-state index contributed by atoms with van der Waals surface area (Å²) in [4.78, 5) is 17.4. The Labute approximate surface area is 172 Å². The Morgan fingerprint density at radius 2 is 1.97 bits per heavy atom. The highest BCUT2D eigenvalue weighted by Gasteiger charge is 2.72. The summed E-state index contributed by atoms with van der Waals surface area (Å²) in [5, 5.41) is 17.8. The number of anilines is 1. The lowest BCUT2D eigenvalue weighted by Crippen LogP contribution is -2.69. The average molecular weight is 407 g/mol. The number of nitrogens with one attached hydrogen (secondary N) is 1. The molecule has 2 heterocycles. The Hall–Kier alpha value is -3.34. The molecule has 1 aliphatic heterocycles. The Morgan fingerprint density at radius 1 is 1.23 bits per heavy atom. The van der Waals surface area contributed by atoms with Crippen LogP contribution < -0.4 is 5.32 Å². The first-order valence-corrected chi connectivity index (χ1v) is 9.84. The molecule has 3 aliphatic carbocycles. The lowest BCUT2D eigenvalue weighted by Gasteiger charge is -2.69. The van der Waals surface area contributed by atoms with Gasteiger partial charge in [0.2, 0.25) is 5.91 Å². The number of carbonyl (C=O) groups excluding carboxylic acids is 1. The van der Waals surface area contributed by atoms with Crippen LogP contribution >= 0.6 is 0 Å². The molecule has 1 N–H and O–H groups in total. The van der Waals surface area contributed by atoms with E-state index in [0.29, 0.717) is 29.9 Å². The standard InChI is InChI=1S/C22H19F2N5O/c23-16-5-15(6-17(24)7-16)18-3-4-28-29(18)20(30)22-10-21(11-22,12-22)13-27-19-2-1-14(8-25)9-26-19/h1-2,4-7,9,18H,3,10-13H2,(H,26,27). The van der Waals surface area contributed by atoms with Gasteiger partial charge in [-0.3, -0.25) is 4.79 Å². The van der Waals surface area contributed by atoms with Crippen LogP contribution in [-0.2, 0) is 4.79 Å². The molecule has 0 spiro atoms. The summed E-state index contributed by atoms with van der Waals surface area (Å²) in [5.74, 6) is -0.673. The second-order valence-electron chi connectivity index (χ2n) is 8.61. The van der Waals surface area contributed by atoms with Gasteiger partial charge in [-0.15, -0.1) is 0 Å². The third-order valence-electron chi connectivity index (χ3n) is 6.44. The molecule has 1 atom stereocenters. The van der Waals surface area contributed by atoms with E-state index in [0.717, 1.165) is 25.3 Å². The molecular formula is C22H19F2N5O. The SMILES string of the molecule is N#Cc1ccc(NCC23CC(C(=O)N4N=CCC4c4cc(F)cc(F)c4)(C2)C3)nc1. The molecule has 152 valence electrons. The van der Waals surface area contributed by atoms with Gasteiger partial charge in [-0.05, 0) is 54.5 Å². The lowest BCUT2D eigenvalue weighted by molar-refractivity contribution is -0.212. The van der Waals surface area contributed by atoms with E-state index in [-0.39, 0.29) is 11.3 Å². The smallest absolute Gasteiger partial charge is 0.249 e. The summed E-state index contributed by atoms with van der Waals surface area (Å²) in [6, 6.07) is 8.41. The highest BCUT2D eigenvalue weighted by Crippen LogP contribution is 2.74. The Kier molecular flexibility index (Phi) is 4.10. The molecule has 0 saturated heterocycles. The van der Waals surface area contributed by atoms with E-state index in [1.54, 1.807) is 18.3 Å². The van der Waals surface area contributed by atoms with E-state index >= 15 is 0 Å². The van der Waals surface area contributed by atoms with Crippen LogP contribution in [0.5, 0.6) is 0 Å². The first-order valence-electron chi connectivity index (χ1n) is 9.84. The molecule has 0 radical (unpaired) electrons. The number of hydrazone groups is 1. The summed E-state index contributed by atoms with van der Waals surface area (Å²) in [6.07, 6.45) is 5.89. The first-order chi connectivity index (χ1) is 14.4. The van der Waals surface area contributed by atoms with Gasteiger partial charge >= 0.3 is 0 Å². The largest absolute Gasteiger partial charge is 0.370 e. The molecule has 8 heteroatoms. The lowest BCUT2D eigenvalue weighted by atomic mass is 9.34. The highest BCUT2D eigenvalue weighted by molar-refractivity contribution is 5.88. The average Bonchev–Trinajstić information content (AvgIpc) is 3.15. The van der Waals surface area contributed by atoms with Gasteiger partial charge in [0, 0.05) is 31.4 Å². The summed E-state index contributed by atoms with van der Waals surface area (Å²) in [7, 11) is 0. The van der Waals surface area contributed by atoms with Gasteiger partial charge in [-0.2, -0.15) is 10.4 Å². The number of carbonyl (C=O) groups is 1. The number of amides is 1. The van der Waals surface area contributed by atoms with Crippen LogP contribution in [0.4, 0.5) is 14.6 Å².